The van der Waals surface area contributed by atoms with Crippen LogP contribution in [0.2, 0.25) is 0 Å². The Kier molecular flexibility index (Phi) is 7.96. The number of aryl methyl sites for hydroxylation is 1. The fraction of sp³-hybridized carbons (Fsp3) is 0.381. The Bertz CT molecular complexity index is 689. The van der Waals surface area contributed by atoms with E-state index in [-0.39, 0.29) is 11.9 Å². The molecule has 2 N–H and O–H groups in total. The van der Waals surface area contributed by atoms with Gasteiger partial charge >= 0.3 is 0 Å². The third-order valence-electron chi connectivity index (χ3n) is 4.15. The largest absolute Gasteiger partial charge is 0.497 e. The zero-order valence-corrected chi connectivity index (χ0v) is 15.7. The van der Waals surface area contributed by atoms with Crippen molar-refractivity contribution in [1.82, 2.24) is 5.32 Å². The fourth-order valence-electron chi connectivity index (χ4n) is 2.75. The smallest absolute Gasteiger partial charge is 0.226 e. The predicted molar refractivity (Wildman–Crippen MR) is 105 cm³/mol. The van der Waals surface area contributed by atoms with Crippen molar-refractivity contribution in [2.75, 3.05) is 26.1 Å². The van der Waals surface area contributed by atoms with Gasteiger partial charge < -0.3 is 20.1 Å². The van der Waals surface area contributed by atoms with Crippen LogP contribution in [0.15, 0.2) is 48.5 Å². The van der Waals surface area contributed by atoms with E-state index >= 15 is 0 Å². The highest BCUT2D eigenvalue weighted by molar-refractivity contribution is 5.92. The summed E-state index contributed by atoms with van der Waals surface area (Å²) in [5, 5.41) is 6.30. The number of carbonyl (C=O) groups excluding carboxylic acids is 1. The van der Waals surface area contributed by atoms with E-state index in [1.54, 1.807) is 32.4 Å². The van der Waals surface area contributed by atoms with Crippen LogP contribution in [0.1, 0.15) is 25.3 Å². The maximum absolute atomic E-state index is 12.3. The first-order valence-electron chi connectivity index (χ1n) is 8.91. The van der Waals surface area contributed by atoms with Crippen LogP contribution < -0.4 is 20.1 Å². The van der Waals surface area contributed by atoms with E-state index in [9.17, 15) is 4.79 Å². The zero-order chi connectivity index (χ0) is 18.8. The Morgan fingerprint density at radius 1 is 1.08 bits per heavy atom. The van der Waals surface area contributed by atoms with E-state index in [1.165, 1.54) is 5.56 Å². The molecule has 0 spiro atoms. The minimum absolute atomic E-state index is 0.0559. The normalized spacial score (nSPS) is 11.7. The van der Waals surface area contributed by atoms with Crippen molar-refractivity contribution in [2.45, 2.75) is 32.2 Å². The standard InChI is InChI=1S/C21H28N2O3/c1-16(22-13-7-10-17-8-5-4-6-9-17)14-21(24)23-19-15-18(25-2)11-12-20(19)26-3/h4-6,8-9,11-12,15-16,22H,7,10,13-14H2,1-3H3,(H,23,24). The van der Waals surface area contributed by atoms with Gasteiger partial charge in [0.2, 0.25) is 5.91 Å². The number of anilines is 1. The zero-order valence-electron chi connectivity index (χ0n) is 15.7. The van der Waals surface area contributed by atoms with Gasteiger partial charge in [0.25, 0.3) is 0 Å². The summed E-state index contributed by atoms with van der Waals surface area (Å²) in [6, 6.07) is 15.9. The first-order chi connectivity index (χ1) is 12.6. The van der Waals surface area contributed by atoms with Crippen LogP contribution in [0.4, 0.5) is 5.69 Å². The first kappa shape index (κ1) is 19.8. The van der Waals surface area contributed by atoms with Gasteiger partial charge in [0.1, 0.15) is 11.5 Å². The molecule has 0 aliphatic rings. The summed E-state index contributed by atoms with van der Waals surface area (Å²) in [6.07, 6.45) is 2.47. The summed E-state index contributed by atoms with van der Waals surface area (Å²) in [7, 11) is 3.17. The quantitative estimate of drug-likeness (QED) is 0.638. The molecule has 5 heteroatoms. The van der Waals surface area contributed by atoms with Crippen molar-refractivity contribution in [2.24, 2.45) is 0 Å². The average molecular weight is 356 g/mol. The number of hydrogen-bond donors (Lipinski definition) is 2. The van der Waals surface area contributed by atoms with Gasteiger partial charge in [0.15, 0.2) is 0 Å². The fourth-order valence-corrected chi connectivity index (χ4v) is 2.75. The molecule has 5 nitrogen and oxygen atoms in total. The summed E-state index contributed by atoms with van der Waals surface area (Å²) in [5.74, 6) is 1.23. The molecule has 1 amide bonds. The van der Waals surface area contributed by atoms with Gasteiger partial charge in [-0.2, -0.15) is 0 Å². The summed E-state index contributed by atoms with van der Waals surface area (Å²) in [4.78, 5) is 12.3. The SMILES string of the molecule is COc1ccc(OC)c(NC(=O)CC(C)NCCCc2ccccc2)c1. The van der Waals surface area contributed by atoms with Crippen molar-refractivity contribution in [3.63, 3.8) is 0 Å². The number of ether oxygens (including phenoxy) is 2. The van der Waals surface area contributed by atoms with Crippen molar-refractivity contribution in [3.05, 3.63) is 54.1 Å². The summed E-state index contributed by atoms with van der Waals surface area (Å²) >= 11 is 0. The molecule has 1 atom stereocenters. The van der Waals surface area contributed by atoms with E-state index in [0.717, 1.165) is 19.4 Å². The molecule has 0 aliphatic heterocycles. The molecule has 0 radical (unpaired) electrons. The molecule has 26 heavy (non-hydrogen) atoms. The lowest BCUT2D eigenvalue weighted by molar-refractivity contribution is -0.116. The van der Waals surface area contributed by atoms with E-state index in [1.807, 2.05) is 13.0 Å². The minimum atomic E-state index is -0.0559. The lowest BCUT2D eigenvalue weighted by Gasteiger charge is -2.15. The predicted octanol–water partition coefficient (Wildman–Crippen LogP) is 3.64. The Morgan fingerprint density at radius 3 is 2.54 bits per heavy atom. The second-order valence-electron chi connectivity index (χ2n) is 6.26. The van der Waals surface area contributed by atoms with Gasteiger partial charge in [-0.3, -0.25) is 4.79 Å². The van der Waals surface area contributed by atoms with Crippen molar-refractivity contribution in [3.8, 4) is 11.5 Å². The summed E-state index contributed by atoms with van der Waals surface area (Å²) < 4.78 is 10.5. The van der Waals surface area contributed by atoms with Crippen molar-refractivity contribution < 1.29 is 14.3 Å². The number of methoxy groups -OCH3 is 2. The molecule has 0 saturated carbocycles. The number of rotatable bonds is 10. The van der Waals surface area contributed by atoms with Crippen LogP contribution in [0, 0.1) is 0 Å². The topological polar surface area (TPSA) is 59.6 Å². The molecule has 0 heterocycles. The molecule has 0 aromatic heterocycles. The average Bonchev–Trinajstić information content (AvgIpc) is 2.66. The number of hydrogen-bond acceptors (Lipinski definition) is 4. The van der Waals surface area contributed by atoms with E-state index in [4.69, 9.17) is 9.47 Å². The third kappa shape index (κ3) is 6.41. The Labute approximate surface area is 155 Å². The third-order valence-corrected chi connectivity index (χ3v) is 4.15. The first-order valence-corrected chi connectivity index (χ1v) is 8.91. The highest BCUT2D eigenvalue weighted by Gasteiger charge is 2.12. The van der Waals surface area contributed by atoms with Crippen molar-refractivity contribution >= 4 is 11.6 Å². The molecule has 1 unspecified atom stereocenters. The lowest BCUT2D eigenvalue weighted by atomic mass is 10.1. The lowest BCUT2D eigenvalue weighted by Crippen LogP contribution is -2.31. The van der Waals surface area contributed by atoms with Gasteiger partial charge in [-0.25, -0.2) is 0 Å². The monoisotopic (exact) mass is 356 g/mol. The molecule has 0 saturated heterocycles. The van der Waals surface area contributed by atoms with Gasteiger partial charge in [0.05, 0.1) is 19.9 Å². The molecule has 0 bridgehead atoms. The van der Waals surface area contributed by atoms with Crippen LogP contribution in [0.25, 0.3) is 0 Å². The Hall–Kier alpha value is -2.53. The molecule has 0 aliphatic carbocycles. The second kappa shape index (κ2) is 10.5. The molecule has 2 aromatic carbocycles. The molecule has 140 valence electrons. The summed E-state index contributed by atoms with van der Waals surface area (Å²) in [6.45, 7) is 2.90. The van der Waals surface area contributed by atoms with Crippen LogP contribution >= 0.6 is 0 Å². The van der Waals surface area contributed by atoms with Crippen LogP contribution in [0.3, 0.4) is 0 Å². The molecule has 0 fully saturated rings. The van der Waals surface area contributed by atoms with Crippen molar-refractivity contribution in [1.29, 1.82) is 0 Å². The number of benzene rings is 2. The van der Waals surface area contributed by atoms with Gasteiger partial charge in [-0.15, -0.1) is 0 Å². The van der Waals surface area contributed by atoms with E-state index < -0.39 is 0 Å². The maximum atomic E-state index is 12.3. The van der Waals surface area contributed by atoms with Crippen LogP contribution in [0.5, 0.6) is 11.5 Å². The maximum Gasteiger partial charge on any atom is 0.226 e. The number of nitrogens with one attached hydrogen (secondary N) is 2. The highest BCUT2D eigenvalue weighted by Crippen LogP contribution is 2.28. The molecular formula is C21H28N2O3. The molecule has 2 rings (SSSR count). The van der Waals surface area contributed by atoms with Gasteiger partial charge in [-0.05, 0) is 44.0 Å². The summed E-state index contributed by atoms with van der Waals surface area (Å²) in [5.41, 5.74) is 1.96. The minimum Gasteiger partial charge on any atom is -0.497 e. The molecule has 2 aromatic rings. The Balaban J connectivity index is 1.75. The molecular weight excluding hydrogens is 328 g/mol. The number of amides is 1. The van der Waals surface area contributed by atoms with E-state index in [2.05, 4.69) is 34.9 Å². The highest BCUT2D eigenvalue weighted by atomic mass is 16.5. The van der Waals surface area contributed by atoms with Gasteiger partial charge in [-0.1, -0.05) is 30.3 Å². The van der Waals surface area contributed by atoms with Gasteiger partial charge in [0, 0.05) is 18.5 Å². The second-order valence-corrected chi connectivity index (χ2v) is 6.26. The van der Waals surface area contributed by atoms with Crippen LogP contribution in [-0.4, -0.2) is 32.7 Å². The van der Waals surface area contributed by atoms with Crippen LogP contribution in [-0.2, 0) is 11.2 Å². The Morgan fingerprint density at radius 2 is 1.85 bits per heavy atom. The number of carbonyl (C=O) groups is 1. The van der Waals surface area contributed by atoms with E-state index in [0.29, 0.717) is 23.6 Å².